The van der Waals surface area contributed by atoms with Gasteiger partial charge in [-0.3, -0.25) is 9.48 Å². The third-order valence-electron chi connectivity index (χ3n) is 4.77. The average Bonchev–Trinajstić information content (AvgIpc) is 3.34. The van der Waals surface area contributed by atoms with Crippen LogP contribution >= 0.6 is 11.3 Å². The lowest BCUT2D eigenvalue weighted by atomic mass is 10.1. The molecule has 134 valence electrons. The molecule has 0 bridgehead atoms. The zero-order valence-electron chi connectivity index (χ0n) is 14.5. The van der Waals surface area contributed by atoms with E-state index < -0.39 is 12.0 Å². The molecule has 1 atom stereocenters. The Morgan fingerprint density at radius 3 is 2.88 bits per heavy atom. The van der Waals surface area contributed by atoms with E-state index in [1.54, 1.807) is 29.1 Å². The molecule has 4 heterocycles. The molecule has 1 aliphatic heterocycles. The number of carboxylic acids is 1. The zero-order valence-corrected chi connectivity index (χ0v) is 15.3. The molecule has 0 saturated carbocycles. The molecule has 4 rings (SSSR count). The topological polar surface area (TPSA) is 88.3 Å². The van der Waals surface area contributed by atoms with Crippen LogP contribution < -0.4 is 0 Å². The molecule has 0 radical (unpaired) electrons. The van der Waals surface area contributed by atoms with Crippen LogP contribution in [0.2, 0.25) is 0 Å². The molecule has 1 aliphatic rings. The fourth-order valence-electron chi connectivity index (χ4n) is 3.59. The van der Waals surface area contributed by atoms with E-state index >= 15 is 0 Å². The van der Waals surface area contributed by atoms with E-state index in [1.807, 2.05) is 24.4 Å². The number of nitrogens with zero attached hydrogens (tertiary/aromatic N) is 4. The number of carbonyl (C=O) groups is 2. The summed E-state index contributed by atoms with van der Waals surface area (Å²) in [6.45, 7) is 2.29. The van der Waals surface area contributed by atoms with Crippen LogP contribution in [0.5, 0.6) is 0 Å². The largest absolute Gasteiger partial charge is 0.480 e. The van der Waals surface area contributed by atoms with Crippen molar-refractivity contribution < 1.29 is 14.7 Å². The molecule has 0 aliphatic carbocycles. The fraction of sp³-hybridized carbons (Fsp3) is 0.333. The number of pyridine rings is 1. The van der Waals surface area contributed by atoms with Gasteiger partial charge in [-0.15, -0.1) is 11.3 Å². The summed E-state index contributed by atoms with van der Waals surface area (Å²) in [7, 11) is 1.80. The first-order chi connectivity index (χ1) is 12.5. The normalized spacial score (nSPS) is 17.2. The number of thiophene rings is 1. The molecule has 1 N–H and O–H groups in total. The van der Waals surface area contributed by atoms with E-state index in [4.69, 9.17) is 0 Å². The molecule has 26 heavy (non-hydrogen) atoms. The molecule has 1 saturated heterocycles. The smallest absolute Gasteiger partial charge is 0.326 e. The minimum atomic E-state index is -0.956. The van der Waals surface area contributed by atoms with Gasteiger partial charge in [-0.25, -0.2) is 9.78 Å². The van der Waals surface area contributed by atoms with E-state index in [1.165, 1.54) is 4.90 Å². The number of carbonyl (C=O) groups excluding carboxylic acids is 1. The first-order valence-electron chi connectivity index (χ1n) is 8.39. The van der Waals surface area contributed by atoms with Gasteiger partial charge in [-0.05, 0) is 37.3 Å². The van der Waals surface area contributed by atoms with Gasteiger partial charge in [0.15, 0.2) is 5.65 Å². The van der Waals surface area contributed by atoms with Crippen LogP contribution in [0.15, 0.2) is 23.6 Å². The number of aliphatic carboxylic acids is 1. The van der Waals surface area contributed by atoms with Crippen LogP contribution in [0.3, 0.4) is 0 Å². The van der Waals surface area contributed by atoms with Gasteiger partial charge in [-0.2, -0.15) is 5.10 Å². The van der Waals surface area contributed by atoms with Crippen molar-refractivity contribution in [3.05, 3.63) is 34.8 Å². The summed E-state index contributed by atoms with van der Waals surface area (Å²) in [4.78, 5) is 31.9. The maximum atomic E-state index is 13.3. The highest BCUT2D eigenvalue weighted by Gasteiger charge is 2.35. The van der Waals surface area contributed by atoms with Crippen LogP contribution in [-0.4, -0.2) is 49.2 Å². The lowest BCUT2D eigenvalue weighted by molar-refractivity contribution is -0.141. The minimum Gasteiger partial charge on any atom is -0.480 e. The van der Waals surface area contributed by atoms with E-state index in [-0.39, 0.29) is 5.91 Å². The number of carboxylic acid groups (broad SMARTS) is 1. The lowest BCUT2D eigenvalue weighted by Crippen LogP contribution is -2.40. The van der Waals surface area contributed by atoms with E-state index in [2.05, 4.69) is 10.1 Å². The molecule has 0 aromatic carbocycles. The Labute approximate surface area is 153 Å². The Balaban J connectivity index is 1.90. The Morgan fingerprint density at radius 1 is 1.38 bits per heavy atom. The van der Waals surface area contributed by atoms with E-state index in [0.717, 1.165) is 4.88 Å². The second-order valence-corrected chi connectivity index (χ2v) is 7.38. The summed E-state index contributed by atoms with van der Waals surface area (Å²) in [6, 6.07) is 4.88. The SMILES string of the molecule is Cc1nn(C)c2nc(-c3cccs3)cc(C(=O)N3CCC[C@H]3C(=O)O)c12. The number of rotatable bonds is 3. The predicted octanol–water partition coefficient (Wildman–Crippen LogP) is 2.69. The number of hydrogen-bond acceptors (Lipinski definition) is 5. The third-order valence-corrected chi connectivity index (χ3v) is 5.66. The first kappa shape index (κ1) is 16.7. The van der Waals surface area contributed by atoms with Gasteiger partial charge >= 0.3 is 5.97 Å². The van der Waals surface area contributed by atoms with Crippen LogP contribution in [0.4, 0.5) is 0 Å². The Hall–Kier alpha value is -2.74. The average molecular weight is 370 g/mol. The Bertz CT molecular complexity index is 1010. The van der Waals surface area contributed by atoms with Gasteiger partial charge in [0, 0.05) is 13.6 Å². The maximum absolute atomic E-state index is 13.3. The first-order valence-corrected chi connectivity index (χ1v) is 9.27. The molecule has 1 amide bonds. The highest BCUT2D eigenvalue weighted by Crippen LogP contribution is 2.31. The zero-order chi connectivity index (χ0) is 18.4. The Kier molecular flexibility index (Phi) is 3.99. The number of aromatic nitrogens is 3. The van der Waals surface area contributed by atoms with Gasteiger partial charge in [0.1, 0.15) is 6.04 Å². The molecule has 3 aromatic rings. The van der Waals surface area contributed by atoms with Gasteiger partial charge in [0.25, 0.3) is 5.91 Å². The highest BCUT2D eigenvalue weighted by atomic mass is 32.1. The van der Waals surface area contributed by atoms with Crippen molar-refractivity contribution >= 4 is 34.2 Å². The van der Waals surface area contributed by atoms with E-state index in [9.17, 15) is 14.7 Å². The molecular formula is C18H18N4O3S. The fourth-order valence-corrected chi connectivity index (χ4v) is 4.27. The molecule has 8 heteroatoms. The van der Waals surface area contributed by atoms with Crippen molar-refractivity contribution in [2.45, 2.75) is 25.8 Å². The highest BCUT2D eigenvalue weighted by molar-refractivity contribution is 7.13. The summed E-state index contributed by atoms with van der Waals surface area (Å²) >= 11 is 1.54. The van der Waals surface area contributed by atoms with Crippen molar-refractivity contribution in [3.8, 4) is 10.6 Å². The van der Waals surface area contributed by atoms with Crippen molar-refractivity contribution in [1.29, 1.82) is 0 Å². The third kappa shape index (κ3) is 2.57. The van der Waals surface area contributed by atoms with Crippen molar-refractivity contribution in [1.82, 2.24) is 19.7 Å². The van der Waals surface area contributed by atoms with E-state index in [0.29, 0.717) is 47.4 Å². The standard InChI is InChI=1S/C18H18N4O3S/c1-10-15-11(17(23)22-7-3-5-13(22)18(24)25)9-12(14-6-4-8-26-14)19-16(15)21(2)20-10/h4,6,8-9,13H,3,5,7H2,1-2H3,(H,24,25)/t13-/m0/s1. The minimum absolute atomic E-state index is 0.267. The molecule has 0 unspecified atom stereocenters. The number of fused-ring (bicyclic) bond motifs is 1. The van der Waals surface area contributed by atoms with Crippen LogP contribution in [-0.2, 0) is 11.8 Å². The van der Waals surface area contributed by atoms with Gasteiger partial charge < -0.3 is 10.0 Å². The van der Waals surface area contributed by atoms with Crippen LogP contribution in [0.1, 0.15) is 28.9 Å². The second kappa shape index (κ2) is 6.21. The van der Waals surface area contributed by atoms with Crippen LogP contribution in [0.25, 0.3) is 21.6 Å². The molecule has 0 spiro atoms. The number of likely N-dealkylation sites (tertiary alicyclic amines) is 1. The molecule has 3 aromatic heterocycles. The van der Waals surface area contributed by atoms with Gasteiger partial charge in [-0.1, -0.05) is 6.07 Å². The molecule has 7 nitrogen and oxygen atoms in total. The number of amides is 1. The summed E-state index contributed by atoms with van der Waals surface area (Å²) in [6.07, 6.45) is 1.18. The van der Waals surface area contributed by atoms with Gasteiger partial charge in [0.05, 0.1) is 27.2 Å². The van der Waals surface area contributed by atoms with Crippen molar-refractivity contribution in [2.24, 2.45) is 7.05 Å². The quantitative estimate of drug-likeness (QED) is 0.766. The number of hydrogen-bond donors (Lipinski definition) is 1. The maximum Gasteiger partial charge on any atom is 0.326 e. The van der Waals surface area contributed by atoms with Crippen molar-refractivity contribution in [2.75, 3.05) is 6.54 Å². The summed E-state index contributed by atoms with van der Waals surface area (Å²) < 4.78 is 1.66. The monoisotopic (exact) mass is 370 g/mol. The second-order valence-electron chi connectivity index (χ2n) is 6.43. The molecular weight excluding hydrogens is 352 g/mol. The predicted molar refractivity (Wildman–Crippen MR) is 98.3 cm³/mol. The molecule has 1 fully saturated rings. The number of aryl methyl sites for hydroxylation is 2. The summed E-state index contributed by atoms with van der Waals surface area (Å²) in [5.41, 5.74) is 2.51. The summed E-state index contributed by atoms with van der Waals surface area (Å²) in [5.74, 6) is -1.22. The Morgan fingerprint density at radius 2 is 2.19 bits per heavy atom. The van der Waals surface area contributed by atoms with Gasteiger partial charge in [0.2, 0.25) is 0 Å². The van der Waals surface area contributed by atoms with Crippen LogP contribution in [0, 0.1) is 6.92 Å². The summed E-state index contributed by atoms with van der Waals surface area (Å²) in [5, 5.41) is 16.5. The lowest BCUT2D eigenvalue weighted by Gasteiger charge is -2.22. The van der Waals surface area contributed by atoms with Crippen molar-refractivity contribution in [3.63, 3.8) is 0 Å².